The summed E-state index contributed by atoms with van der Waals surface area (Å²) in [4.78, 5) is 0. The molecule has 0 fully saturated rings. The molecule has 0 amide bonds. The lowest BCUT2D eigenvalue weighted by Gasteiger charge is -2.30. The van der Waals surface area contributed by atoms with Gasteiger partial charge in [-0.3, -0.25) is 0 Å². The fourth-order valence-corrected chi connectivity index (χ4v) is 9.60. The molecule has 0 aliphatic carbocycles. The molecule has 0 unspecified atom stereocenters. The first kappa shape index (κ1) is 18.4. The number of hydrogen-bond donors (Lipinski definition) is 2. The molecular weight excluding hydrogens is 296 g/mol. The second kappa shape index (κ2) is 8.09. The van der Waals surface area contributed by atoms with Gasteiger partial charge in [0.05, 0.1) is 6.61 Å². The van der Waals surface area contributed by atoms with Crippen molar-refractivity contribution in [3.05, 3.63) is 29.8 Å². The number of ether oxygens (including phenoxy) is 1. The van der Waals surface area contributed by atoms with E-state index >= 15 is 0 Å². The molecule has 1 aromatic rings. The molecule has 21 heavy (non-hydrogen) atoms. The molecule has 6 heteroatoms. The number of unbranched alkanes of at least 4 members (excludes halogenated alkanes) is 1. The van der Waals surface area contributed by atoms with E-state index in [0.717, 1.165) is 36.7 Å². The minimum atomic E-state index is -1.90. The summed E-state index contributed by atoms with van der Waals surface area (Å²) in [5.41, 5.74) is 7.65. The van der Waals surface area contributed by atoms with Crippen LogP contribution >= 0.6 is 0 Å². The first-order chi connectivity index (χ1) is 9.68. The molecule has 0 bridgehead atoms. The summed E-state index contributed by atoms with van der Waals surface area (Å²) < 4.78 is 11.8. The average Bonchev–Trinajstić information content (AvgIpc) is 2.30. The monoisotopic (exact) mass is 326 g/mol. The van der Waals surface area contributed by atoms with Crippen LogP contribution < -0.4 is 11.1 Å². The van der Waals surface area contributed by atoms with E-state index in [1.807, 2.05) is 24.3 Å². The Hall–Kier alpha value is -0.666. The lowest BCUT2D eigenvalue weighted by atomic mass is 10.2. The van der Waals surface area contributed by atoms with E-state index in [1.54, 1.807) is 0 Å². The van der Waals surface area contributed by atoms with Gasteiger partial charge >= 0.3 is 0 Å². The Morgan fingerprint density at radius 2 is 1.81 bits per heavy atom. The Labute approximate surface area is 131 Å². The number of benzene rings is 1. The van der Waals surface area contributed by atoms with Gasteiger partial charge in [0, 0.05) is 12.3 Å². The van der Waals surface area contributed by atoms with E-state index in [1.165, 1.54) is 0 Å². The van der Waals surface area contributed by atoms with Crippen molar-refractivity contribution in [2.24, 2.45) is 5.40 Å². The zero-order chi connectivity index (χ0) is 15.9. The molecule has 1 rings (SSSR count). The third kappa shape index (κ3) is 9.05. The highest BCUT2D eigenvalue weighted by Gasteiger charge is 2.29. The molecule has 0 spiro atoms. The number of hydrogen-bond acceptors (Lipinski definition) is 4. The predicted octanol–water partition coefficient (Wildman–Crippen LogP) is 3.45. The smallest absolute Gasteiger partial charge is 0.249 e. The summed E-state index contributed by atoms with van der Waals surface area (Å²) in [6.07, 6.45) is 2.20. The topological polar surface area (TPSA) is 70.5 Å². The highest BCUT2D eigenvalue weighted by atomic mass is 28.4. The second-order valence-electron chi connectivity index (χ2n) is 6.72. The van der Waals surface area contributed by atoms with Crippen LogP contribution in [0.15, 0.2) is 24.3 Å². The molecule has 0 atom stereocenters. The van der Waals surface area contributed by atoms with Crippen LogP contribution in [0.25, 0.3) is 0 Å². The summed E-state index contributed by atoms with van der Waals surface area (Å²) in [5.74, 6) is 0. The van der Waals surface area contributed by atoms with Gasteiger partial charge in [-0.2, -0.15) is 0 Å². The molecule has 0 aromatic heterocycles. The fourth-order valence-electron chi connectivity index (χ4n) is 2.39. The third-order valence-electron chi connectivity index (χ3n) is 3.08. The van der Waals surface area contributed by atoms with Crippen LogP contribution in [0.1, 0.15) is 18.4 Å². The maximum Gasteiger partial charge on any atom is 0.249 e. The quantitative estimate of drug-likeness (QED) is 0.414. The van der Waals surface area contributed by atoms with Crippen LogP contribution in [0.2, 0.25) is 32.2 Å². The van der Waals surface area contributed by atoms with Gasteiger partial charge in [0.15, 0.2) is 8.32 Å². The Kier molecular flexibility index (Phi) is 7.09. The average molecular weight is 327 g/mol. The number of rotatable bonds is 9. The zero-order valence-corrected chi connectivity index (χ0v) is 15.8. The summed E-state index contributed by atoms with van der Waals surface area (Å²) >= 11 is 0. The van der Waals surface area contributed by atoms with E-state index in [-0.39, 0.29) is 0 Å². The molecule has 0 radical (unpaired) electrons. The lowest BCUT2D eigenvalue weighted by molar-refractivity contribution is 0.118. The summed E-state index contributed by atoms with van der Waals surface area (Å²) in [5, 5.41) is 6.07. The van der Waals surface area contributed by atoms with Crippen molar-refractivity contribution in [3.8, 4) is 0 Å². The Morgan fingerprint density at radius 3 is 2.43 bits per heavy atom. The third-order valence-corrected chi connectivity index (χ3v) is 8.95. The summed E-state index contributed by atoms with van der Waals surface area (Å²) in [7, 11) is -3.50. The normalized spacial score (nSPS) is 12.6. The van der Waals surface area contributed by atoms with Gasteiger partial charge in [-0.1, -0.05) is 18.6 Å². The van der Waals surface area contributed by atoms with Gasteiger partial charge < -0.3 is 20.0 Å². The molecule has 0 aliphatic heterocycles. The molecule has 0 heterocycles. The van der Waals surface area contributed by atoms with Gasteiger partial charge in [-0.25, -0.2) is 0 Å². The standard InChI is InChI=1S/C15H30N2O2Si2/c1-20(2,19-21(3,4)17)11-6-5-10-18-13-14-8-7-9-15(16)12-14/h7-9,12H,5-6,10-11,13,16-17H2,1-4H3. The molecule has 0 saturated carbocycles. The first-order valence-electron chi connectivity index (χ1n) is 7.59. The van der Waals surface area contributed by atoms with Crippen LogP contribution in [-0.2, 0) is 15.5 Å². The number of anilines is 1. The molecule has 0 aliphatic rings. The maximum atomic E-state index is 6.12. The van der Waals surface area contributed by atoms with Crippen LogP contribution in [0.4, 0.5) is 5.69 Å². The van der Waals surface area contributed by atoms with Crippen molar-refractivity contribution in [2.75, 3.05) is 12.3 Å². The van der Waals surface area contributed by atoms with Crippen LogP contribution in [0.5, 0.6) is 0 Å². The Morgan fingerprint density at radius 1 is 1.10 bits per heavy atom. The predicted molar refractivity (Wildman–Crippen MR) is 94.8 cm³/mol. The molecular formula is C15H30N2O2Si2. The SMILES string of the molecule is C[Si](C)(N)O[Si](C)(C)CCCCOCc1cccc(N)c1. The largest absolute Gasteiger partial charge is 0.445 e. The van der Waals surface area contributed by atoms with Crippen LogP contribution in [-0.4, -0.2) is 23.4 Å². The minimum Gasteiger partial charge on any atom is -0.445 e. The van der Waals surface area contributed by atoms with Gasteiger partial charge in [0.25, 0.3) is 0 Å². The zero-order valence-electron chi connectivity index (χ0n) is 13.8. The van der Waals surface area contributed by atoms with E-state index in [9.17, 15) is 0 Å². The van der Waals surface area contributed by atoms with Crippen molar-refractivity contribution < 1.29 is 8.85 Å². The van der Waals surface area contributed by atoms with E-state index in [0.29, 0.717) is 6.61 Å². The van der Waals surface area contributed by atoms with Gasteiger partial charge in [0.2, 0.25) is 8.48 Å². The fraction of sp³-hybridized carbons (Fsp3) is 0.600. The van der Waals surface area contributed by atoms with Crippen molar-refractivity contribution >= 4 is 22.5 Å². The number of nitrogens with two attached hydrogens (primary N) is 2. The molecule has 4 N–H and O–H groups in total. The van der Waals surface area contributed by atoms with Gasteiger partial charge in [0.1, 0.15) is 0 Å². The summed E-state index contributed by atoms with van der Waals surface area (Å²) in [6.45, 7) is 10.0. The lowest BCUT2D eigenvalue weighted by Crippen LogP contribution is -2.51. The Balaban J connectivity index is 2.14. The summed E-state index contributed by atoms with van der Waals surface area (Å²) in [6, 6.07) is 8.98. The molecule has 120 valence electrons. The van der Waals surface area contributed by atoms with Crippen LogP contribution in [0.3, 0.4) is 0 Å². The highest BCUT2D eigenvalue weighted by molar-refractivity contribution is 6.83. The van der Waals surface area contributed by atoms with E-state index in [2.05, 4.69) is 26.2 Å². The van der Waals surface area contributed by atoms with Crippen molar-refractivity contribution in [2.45, 2.75) is 51.7 Å². The molecule has 4 nitrogen and oxygen atoms in total. The minimum absolute atomic E-state index is 0.630. The van der Waals surface area contributed by atoms with E-state index in [4.69, 9.17) is 20.0 Å². The van der Waals surface area contributed by atoms with Crippen LogP contribution in [0, 0.1) is 0 Å². The second-order valence-corrected chi connectivity index (χ2v) is 14.8. The number of nitrogen functional groups attached to an aromatic ring is 1. The molecule has 0 saturated heterocycles. The maximum absolute atomic E-state index is 6.12. The highest BCUT2D eigenvalue weighted by Crippen LogP contribution is 2.18. The van der Waals surface area contributed by atoms with Crippen molar-refractivity contribution in [3.63, 3.8) is 0 Å². The first-order valence-corrected chi connectivity index (χ1v) is 13.7. The van der Waals surface area contributed by atoms with Crippen molar-refractivity contribution in [1.29, 1.82) is 0 Å². The molecule has 1 aromatic carbocycles. The Bertz CT molecular complexity index is 434. The van der Waals surface area contributed by atoms with Gasteiger partial charge in [-0.15, -0.1) is 0 Å². The van der Waals surface area contributed by atoms with Crippen molar-refractivity contribution in [1.82, 2.24) is 0 Å². The van der Waals surface area contributed by atoms with E-state index < -0.39 is 16.8 Å². The van der Waals surface area contributed by atoms with Gasteiger partial charge in [-0.05, 0) is 56.3 Å².